The zero-order chi connectivity index (χ0) is 14.7. The number of hydrogen-bond donors (Lipinski definition) is 2. The average molecular weight is 279 g/mol. The van der Waals surface area contributed by atoms with Crippen molar-refractivity contribution in [3.63, 3.8) is 0 Å². The lowest BCUT2D eigenvalue weighted by molar-refractivity contribution is -0.121. The number of H-pyrrole nitrogens is 1. The van der Waals surface area contributed by atoms with Crippen LogP contribution < -0.4 is 5.32 Å². The van der Waals surface area contributed by atoms with Gasteiger partial charge in [-0.3, -0.25) is 19.7 Å². The van der Waals surface area contributed by atoms with Gasteiger partial charge in [0.15, 0.2) is 0 Å². The Bertz CT molecular complexity index is 468. The first-order valence-electron chi connectivity index (χ1n) is 7.19. The molecule has 0 saturated heterocycles. The molecule has 1 aromatic rings. The highest BCUT2D eigenvalue weighted by atomic mass is 16.1. The molecular weight excluding hydrogens is 254 g/mol. The fourth-order valence-corrected chi connectivity index (χ4v) is 2.41. The van der Waals surface area contributed by atoms with Crippen molar-refractivity contribution in [3.8, 4) is 0 Å². The molecule has 0 radical (unpaired) electrons. The fraction of sp³-hybridized carbons (Fsp3) is 0.714. The van der Waals surface area contributed by atoms with Crippen LogP contribution in [-0.4, -0.2) is 59.1 Å². The van der Waals surface area contributed by atoms with E-state index >= 15 is 0 Å². The van der Waals surface area contributed by atoms with Crippen molar-refractivity contribution in [1.82, 2.24) is 25.3 Å². The number of aromatic nitrogens is 2. The van der Waals surface area contributed by atoms with Gasteiger partial charge in [-0.05, 0) is 27.3 Å². The standard InChI is InChI=1S/C14H25N5O/c1-10(2)18(4)7-12-11-5-6-19(9-14(20)15-3)8-13(11)17-16-12/h10H,5-9H2,1-4H3,(H,15,20)(H,16,17). The summed E-state index contributed by atoms with van der Waals surface area (Å²) in [6.07, 6.45) is 0.962. The van der Waals surface area contributed by atoms with Crippen molar-refractivity contribution in [1.29, 1.82) is 0 Å². The summed E-state index contributed by atoms with van der Waals surface area (Å²) in [5.41, 5.74) is 3.65. The molecule has 2 rings (SSSR count). The Labute approximate surface area is 120 Å². The Morgan fingerprint density at radius 3 is 2.95 bits per heavy atom. The summed E-state index contributed by atoms with van der Waals surface area (Å²) in [6, 6.07) is 0.510. The monoisotopic (exact) mass is 279 g/mol. The van der Waals surface area contributed by atoms with Gasteiger partial charge >= 0.3 is 0 Å². The molecule has 1 aliphatic rings. The number of nitrogens with one attached hydrogen (secondary N) is 2. The largest absolute Gasteiger partial charge is 0.358 e. The first-order chi connectivity index (χ1) is 9.51. The van der Waals surface area contributed by atoms with Gasteiger partial charge in [0.1, 0.15) is 0 Å². The number of likely N-dealkylation sites (N-methyl/N-ethyl adjacent to an activating group) is 1. The Balaban J connectivity index is 2.01. The maximum absolute atomic E-state index is 11.4. The molecular formula is C14H25N5O. The number of carbonyl (C=O) groups excluding carboxylic acids is 1. The molecule has 0 atom stereocenters. The summed E-state index contributed by atoms with van der Waals surface area (Å²) < 4.78 is 0. The quantitative estimate of drug-likeness (QED) is 0.816. The minimum atomic E-state index is 0.0627. The first kappa shape index (κ1) is 15.0. The van der Waals surface area contributed by atoms with E-state index < -0.39 is 0 Å². The van der Waals surface area contributed by atoms with Gasteiger partial charge in [-0.15, -0.1) is 0 Å². The molecule has 0 spiro atoms. The van der Waals surface area contributed by atoms with Gasteiger partial charge < -0.3 is 5.32 Å². The molecule has 1 amide bonds. The SMILES string of the molecule is CNC(=O)CN1CCc2c(CN(C)C(C)C)n[nH]c2C1. The van der Waals surface area contributed by atoms with E-state index in [1.54, 1.807) is 7.05 Å². The molecule has 0 saturated carbocycles. The predicted octanol–water partition coefficient (Wildman–Crippen LogP) is 0.354. The fourth-order valence-electron chi connectivity index (χ4n) is 2.41. The number of carbonyl (C=O) groups is 1. The summed E-state index contributed by atoms with van der Waals surface area (Å²) in [5.74, 6) is 0.0627. The molecule has 6 nitrogen and oxygen atoms in total. The van der Waals surface area contributed by atoms with Gasteiger partial charge in [0.25, 0.3) is 0 Å². The van der Waals surface area contributed by atoms with Gasteiger partial charge in [0.2, 0.25) is 5.91 Å². The van der Waals surface area contributed by atoms with Gasteiger partial charge in [0, 0.05) is 38.3 Å². The zero-order valence-corrected chi connectivity index (χ0v) is 12.9. The molecule has 0 aromatic carbocycles. The Morgan fingerprint density at radius 1 is 1.55 bits per heavy atom. The number of fused-ring (bicyclic) bond motifs is 1. The third-order valence-corrected chi connectivity index (χ3v) is 4.02. The van der Waals surface area contributed by atoms with Crippen molar-refractivity contribution >= 4 is 5.91 Å². The van der Waals surface area contributed by atoms with E-state index in [0.29, 0.717) is 12.6 Å². The average Bonchev–Trinajstić information content (AvgIpc) is 2.81. The molecule has 0 unspecified atom stereocenters. The lowest BCUT2D eigenvalue weighted by Gasteiger charge is -2.26. The molecule has 6 heteroatoms. The van der Waals surface area contributed by atoms with E-state index in [-0.39, 0.29) is 5.91 Å². The molecule has 0 bridgehead atoms. The Kier molecular flexibility index (Phi) is 4.77. The summed E-state index contributed by atoms with van der Waals surface area (Å²) >= 11 is 0. The molecule has 0 fully saturated rings. The number of amides is 1. The zero-order valence-electron chi connectivity index (χ0n) is 12.9. The molecule has 2 N–H and O–H groups in total. The third-order valence-electron chi connectivity index (χ3n) is 4.02. The molecule has 20 heavy (non-hydrogen) atoms. The summed E-state index contributed by atoms with van der Waals surface area (Å²) in [6.45, 7) is 7.39. The highest BCUT2D eigenvalue weighted by Crippen LogP contribution is 2.21. The summed E-state index contributed by atoms with van der Waals surface area (Å²) in [5, 5.41) is 10.3. The number of rotatable bonds is 5. The maximum Gasteiger partial charge on any atom is 0.233 e. The first-order valence-corrected chi connectivity index (χ1v) is 7.19. The molecule has 2 heterocycles. The van der Waals surface area contributed by atoms with Crippen LogP contribution in [0.1, 0.15) is 30.8 Å². The van der Waals surface area contributed by atoms with Gasteiger partial charge in [0.05, 0.1) is 17.9 Å². The second-order valence-electron chi connectivity index (χ2n) is 5.77. The topological polar surface area (TPSA) is 64.3 Å². The van der Waals surface area contributed by atoms with Gasteiger partial charge in [-0.1, -0.05) is 0 Å². The van der Waals surface area contributed by atoms with E-state index in [4.69, 9.17) is 0 Å². The van der Waals surface area contributed by atoms with Crippen LogP contribution in [0.5, 0.6) is 0 Å². The summed E-state index contributed by atoms with van der Waals surface area (Å²) in [7, 11) is 3.79. The van der Waals surface area contributed by atoms with Crippen LogP contribution in [0.2, 0.25) is 0 Å². The van der Waals surface area contributed by atoms with Crippen molar-refractivity contribution in [3.05, 3.63) is 17.0 Å². The van der Waals surface area contributed by atoms with Crippen molar-refractivity contribution in [2.75, 3.05) is 27.2 Å². The lowest BCUT2D eigenvalue weighted by Crippen LogP contribution is -2.38. The van der Waals surface area contributed by atoms with E-state index in [1.165, 1.54) is 5.56 Å². The minimum Gasteiger partial charge on any atom is -0.358 e. The summed E-state index contributed by atoms with van der Waals surface area (Å²) in [4.78, 5) is 15.9. The van der Waals surface area contributed by atoms with Gasteiger partial charge in [-0.25, -0.2) is 0 Å². The van der Waals surface area contributed by atoms with Crippen molar-refractivity contribution in [2.24, 2.45) is 0 Å². The smallest absolute Gasteiger partial charge is 0.233 e. The van der Waals surface area contributed by atoms with Crippen LogP contribution in [0, 0.1) is 0 Å². The Hall–Kier alpha value is -1.40. The molecule has 1 aliphatic heterocycles. The van der Waals surface area contributed by atoms with Crippen LogP contribution in [0.25, 0.3) is 0 Å². The maximum atomic E-state index is 11.4. The van der Waals surface area contributed by atoms with Gasteiger partial charge in [-0.2, -0.15) is 5.10 Å². The number of hydrogen-bond acceptors (Lipinski definition) is 4. The number of aromatic amines is 1. The molecule has 0 aliphatic carbocycles. The minimum absolute atomic E-state index is 0.0627. The van der Waals surface area contributed by atoms with Crippen LogP contribution in [0.15, 0.2) is 0 Å². The second-order valence-corrected chi connectivity index (χ2v) is 5.77. The van der Waals surface area contributed by atoms with Crippen LogP contribution in [0.3, 0.4) is 0 Å². The predicted molar refractivity (Wildman–Crippen MR) is 78.2 cm³/mol. The highest BCUT2D eigenvalue weighted by Gasteiger charge is 2.23. The van der Waals surface area contributed by atoms with E-state index in [0.717, 1.165) is 37.4 Å². The second kappa shape index (κ2) is 6.37. The van der Waals surface area contributed by atoms with Crippen molar-refractivity contribution < 1.29 is 4.79 Å². The van der Waals surface area contributed by atoms with Crippen LogP contribution >= 0.6 is 0 Å². The van der Waals surface area contributed by atoms with Crippen molar-refractivity contribution in [2.45, 2.75) is 39.4 Å². The lowest BCUT2D eigenvalue weighted by atomic mass is 10.0. The third kappa shape index (κ3) is 3.37. The van der Waals surface area contributed by atoms with Crippen LogP contribution in [-0.2, 0) is 24.3 Å². The molecule has 1 aromatic heterocycles. The van der Waals surface area contributed by atoms with E-state index in [9.17, 15) is 4.79 Å². The van der Waals surface area contributed by atoms with Crippen LogP contribution in [0.4, 0.5) is 0 Å². The normalized spacial score (nSPS) is 15.7. The van der Waals surface area contributed by atoms with E-state index in [1.807, 2.05) is 0 Å². The highest BCUT2D eigenvalue weighted by molar-refractivity contribution is 5.77. The molecule has 112 valence electrons. The number of nitrogens with zero attached hydrogens (tertiary/aromatic N) is 3. The van der Waals surface area contributed by atoms with E-state index in [2.05, 4.69) is 46.2 Å². The Morgan fingerprint density at radius 2 is 2.30 bits per heavy atom.